The zero-order valence-electron chi connectivity index (χ0n) is 13.0. The average Bonchev–Trinajstić information content (AvgIpc) is 2.97. The van der Waals surface area contributed by atoms with Gasteiger partial charge in [0.15, 0.2) is 5.76 Å². The minimum absolute atomic E-state index is 0.0235. The first-order valence-electron chi connectivity index (χ1n) is 7.18. The minimum atomic E-state index is -4.77. The van der Waals surface area contributed by atoms with Crippen molar-refractivity contribution >= 4 is 11.9 Å². The molecule has 0 saturated heterocycles. The van der Waals surface area contributed by atoms with Crippen LogP contribution < -0.4 is 10.1 Å². The van der Waals surface area contributed by atoms with Crippen molar-refractivity contribution in [2.75, 3.05) is 0 Å². The van der Waals surface area contributed by atoms with Crippen LogP contribution >= 0.6 is 0 Å². The summed E-state index contributed by atoms with van der Waals surface area (Å²) in [6, 6.07) is 6.11. The largest absolute Gasteiger partial charge is 0.573 e. The molecular formula is C16H14F3NO5. The van der Waals surface area contributed by atoms with Gasteiger partial charge in [-0.05, 0) is 17.7 Å². The van der Waals surface area contributed by atoms with Crippen molar-refractivity contribution in [3.05, 3.63) is 53.0 Å². The summed E-state index contributed by atoms with van der Waals surface area (Å²) in [6.45, 7) is 1.72. The molecule has 2 N–H and O–H groups in total. The second-order valence-electron chi connectivity index (χ2n) is 4.98. The van der Waals surface area contributed by atoms with Gasteiger partial charge in [0.1, 0.15) is 17.1 Å². The molecule has 1 amide bonds. The second kappa shape index (κ2) is 7.29. The van der Waals surface area contributed by atoms with Crippen LogP contribution in [0.2, 0.25) is 0 Å². The number of halogens is 3. The van der Waals surface area contributed by atoms with Crippen LogP contribution in [0.4, 0.5) is 13.2 Å². The van der Waals surface area contributed by atoms with Gasteiger partial charge >= 0.3 is 12.3 Å². The van der Waals surface area contributed by atoms with E-state index in [-0.39, 0.29) is 29.4 Å². The summed E-state index contributed by atoms with van der Waals surface area (Å²) < 4.78 is 45.2. The Bertz CT molecular complexity index is 765. The van der Waals surface area contributed by atoms with E-state index in [0.29, 0.717) is 12.0 Å². The third kappa shape index (κ3) is 5.00. The molecule has 0 atom stereocenters. The maximum absolute atomic E-state index is 12.1. The van der Waals surface area contributed by atoms with Crippen LogP contribution in [0.1, 0.15) is 39.2 Å². The Hall–Kier alpha value is -2.97. The SMILES string of the molecule is CCc1oc(C(=O)NCc2ccc(OC(F)(F)F)cc2)cc1C(=O)O. The first kappa shape index (κ1) is 18.4. The van der Waals surface area contributed by atoms with E-state index in [9.17, 15) is 22.8 Å². The van der Waals surface area contributed by atoms with Gasteiger partial charge in [0.25, 0.3) is 5.91 Å². The highest BCUT2D eigenvalue weighted by Crippen LogP contribution is 2.22. The van der Waals surface area contributed by atoms with Gasteiger partial charge in [-0.25, -0.2) is 4.79 Å². The maximum Gasteiger partial charge on any atom is 0.573 e. The van der Waals surface area contributed by atoms with E-state index in [2.05, 4.69) is 10.1 Å². The number of amides is 1. The molecule has 0 unspecified atom stereocenters. The van der Waals surface area contributed by atoms with Gasteiger partial charge < -0.3 is 19.6 Å². The molecule has 2 rings (SSSR count). The number of carboxylic acid groups (broad SMARTS) is 1. The average molecular weight is 357 g/mol. The standard InChI is InChI=1S/C16H14F3NO5/c1-2-12-11(15(22)23)7-13(24-12)14(21)20-8-9-3-5-10(6-4-9)25-16(17,18)19/h3-7H,2,8H2,1H3,(H,20,21)(H,22,23). The normalized spacial score (nSPS) is 11.2. The molecule has 0 saturated carbocycles. The summed E-state index contributed by atoms with van der Waals surface area (Å²) in [4.78, 5) is 23.0. The van der Waals surface area contributed by atoms with E-state index in [4.69, 9.17) is 9.52 Å². The number of hydrogen-bond donors (Lipinski definition) is 2. The third-order valence-electron chi connectivity index (χ3n) is 3.19. The molecule has 9 heteroatoms. The third-order valence-corrected chi connectivity index (χ3v) is 3.19. The Morgan fingerprint density at radius 1 is 1.24 bits per heavy atom. The molecule has 1 aromatic carbocycles. The number of carbonyl (C=O) groups is 2. The van der Waals surface area contributed by atoms with Gasteiger partial charge in [0, 0.05) is 19.0 Å². The molecule has 0 aliphatic rings. The fourth-order valence-corrected chi connectivity index (χ4v) is 2.06. The van der Waals surface area contributed by atoms with Gasteiger partial charge in [-0.3, -0.25) is 4.79 Å². The van der Waals surface area contributed by atoms with E-state index in [1.165, 1.54) is 12.1 Å². The molecule has 0 fully saturated rings. The highest BCUT2D eigenvalue weighted by Gasteiger charge is 2.30. The van der Waals surface area contributed by atoms with Gasteiger partial charge in [0.2, 0.25) is 0 Å². The van der Waals surface area contributed by atoms with Crippen LogP contribution in [0, 0.1) is 0 Å². The van der Waals surface area contributed by atoms with Crippen molar-refractivity contribution in [3.8, 4) is 5.75 Å². The number of nitrogens with one attached hydrogen (secondary N) is 1. The first-order chi connectivity index (χ1) is 11.7. The Morgan fingerprint density at radius 3 is 2.36 bits per heavy atom. The van der Waals surface area contributed by atoms with Gasteiger partial charge in [-0.1, -0.05) is 19.1 Å². The van der Waals surface area contributed by atoms with Crippen molar-refractivity contribution in [2.24, 2.45) is 0 Å². The van der Waals surface area contributed by atoms with Gasteiger partial charge in [-0.15, -0.1) is 13.2 Å². The Kier molecular flexibility index (Phi) is 5.35. The van der Waals surface area contributed by atoms with Gasteiger partial charge in [0.05, 0.1) is 0 Å². The van der Waals surface area contributed by atoms with E-state index in [0.717, 1.165) is 18.2 Å². The fourth-order valence-electron chi connectivity index (χ4n) is 2.06. The van der Waals surface area contributed by atoms with Crippen LogP contribution in [-0.2, 0) is 13.0 Å². The lowest BCUT2D eigenvalue weighted by atomic mass is 10.2. The van der Waals surface area contributed by atoms with Crippen molar-refractivity contribution in [1.82, 2.24) is 5.32 Å². The number of carboxylic acids is 1. The van der Waals surface area contributed by atoms with Crippen molar-refractivity contribution in [2.45, 2.75) is 26.3 Å². The minimum Gasteiger partial charge on any atom is -0.478 e. The molecule has 0 radical (unpaired) electrons. The summed E-state index contributed by atoms with van der Waals surface area (Å²) in [5.41, 5.74) is 0.449. The lowest BCUT2D eigenvalue weighted by molar-refractivity contribution is -0.274. The van der Waals surface area contributed by atoms with E-state index >= 15 is 0 Å². The number of aryl methyl sites for hydroxylation is 1. The van der Waals surface area contributed by atoms with E-state index in [1.54, 1.807) is 6.92 Å². The molecule has 6 nitrogen and oxygen atoms in total. The molecular weight excluding hydrogens is 343 g/mol. The molecule has 0 bridgehead atoms. The number of ether oxygens (including phenoxy) is 1. The first-order valence-corrected chi connectivity index (χ1v) is 7.18. The number of hydrogen-bond acceptors (Lipinski definition) is 4. The molecule has 134 valence electrons. The van der Waals surface area contributed by atoms with Gasteiger partial charge in [-0.2, -0.15) is 0 Å². The number of carbonyl (C=O) groups excluding carboxylic acids is 1. The molecule has 0 aliphatic carbocycles. The lowest BCUT2D eigenvalue weighted by Crippen LogP contribution is -2.22. The maximum atomic E-state index is 12.1. The summed E-state index contributed by atoms with van der Waals surface area (Å²) in [7, 11) is 0. The summed E-state index contributed by atoms with van der Waals surface area (Å²) in [5, 5.41) is 11.5. The number of benzene rings is 1. The summed E-state index contributed by atoms with van der Waals surface area (Å²) >= 11 is 0. The Labute approximate surface area is 140 Å². The Morgan fingerprint density at radius 2 is 1.88 bits per heavy atom. The van der Waals surface area contributed by atoms with E-state index < -0.39 is 18.2 Å². The van der Waals surface area contributed by atoms with Crippen LogP contribution in [0.5, 0.6) is 5.75 Å². The number of furan rings is 1. The number of aromatic carboxylic acids is 1. The summed E-state index contributed by atoms with van der Waals surface area (Å²) in [5.74, 6) is -2.15. The number of rotatable bonds is 6. The van der Waals surface area contributed by atoms with E-state index in [1.807, 2.05) is 0 Å². The lowest BCUT2D eigenvalue weighted by Gasteiger charge is -2.09. The van der Waals surface area contributed by atoms with Crippen LogP contribution in [0.25, 0.3) is 0 Å². The fraction of sp³-hybridized carbons (Fsp3) is 0.250. The zero-order valence-corrected chi connectivity index (χ0v) is 13.0. The topological polar surface area (TPSA) is 88.8 Å². The highest BCUT2D eigenvalue weighted by atomic mass is 19.4. The molecule has 1 aromatic heterocycles. The zero-order chi connectivity index (χ0) is 18.6. The molecule has 1 heterocycles. The monoisotopic (exact) mass is 357 g/mol. The molecule has 0 aliphatic heterocycles. The predicted molar refractivity (Wildman–Crippen MR) is 79.3 cm³/mol. The highest BCUT2D eigenvalue weighted by molar-refractivity contribution is 5.96. The smallest absolute Gasteiger partial charge is 0.478 e. The van der Waals surface area contributed by atoms with Crippen molar-refractivity contribution in [3.63, 3.8) is 0 Å². The van der Waals surface area contributed by atoms with Crippen LogP contribution in [-0.4, -0.2) is 23.3 Å². The predicted octanol–water partition coefficient (Wildman–Crippen LogP) is 3.37. The molecule has 25 heavy (non-hydrogen) atoms. The number of alkyl halides is 3. The van der Waals surface area contributed by atoms with Crippen LogP contribution in [0.15, 0.2) is 34.7 Å². The van der Waals surface area contributed by atoms with Crippen LogP contribution in [0.3, 0.4) is 0 Å². The van der Waals surface area contributed by atoms with Crippen molar-refractivity contribution in [1.29, 1.82) is 0 Å². The molecule has 2 aromatic rings. The second-order valence-corrected chi connectivity index (χ2v) is 4.98. The Balaban J connectivity index is 1.99. The summed E-state index contributed by atoms with van der Waals surface area (Å²) in [6.07, 6.45) is -4.45. The van der Waals surface area contributed by atoms with Crippen molar-refractivity contribution < 1.29 is 37.0 Å². The molecule has 0 spiro atoms. The quantitative estimate of drug-likeness (QED) is 0.827.